The molecule has 1 aliphatic rings. The molecule has 0 bridgehead atoms. The minimum atomic E-state index is -5.08. The molecule has 0 saturated carbocycles. The Morgan fingerprint density at radius 2 is 1.88 bits per heavy atom. The average molecular weight is 342 g/mol. The molecule has 3 N–H and O–H groups in total. The highest BCUT2D eigenvalue weighted by molar-refractivity contribution is 5.94. The number of aliphatic carboxylic acids is 1. The Hall–Kier alpha value is -2.53. The number of carbonyl (C=O) groups is 2. The van der Waals surface area contributed by atoms with Crippen molar-refractivity contribution in [1.29, 1.82) is 0 Å². The lowest BCUT2D eigenvalue weighted by Crippen LogP contribution is -2.42. The molecule has 0 aromatic heterocycles. The summed E-state index contributed by atoms with van der Waals surface area (Å²) in [6.45, 7) is 1.94. The first-order chi connectivity index (χ1) is 11.2. The van der Waals surface area contributed by atoms with Crippen molar-refractivity contribution in [2.24, 2.45) is 0 Å². The van der Waals surface area contributed by atoms with E-state index in [1.165, 1.54) is 0 Å². The third-order valence-corrected chi connectivity index (χ3v) is 3.21. The molecule has 1 aromatic rings. The van der Waals surface area contributed by atoms with Crippen LogP contribution in [0, 0.1) is 12.3 Å². The molecule has 0 atom stereocenters. The van der Waals surface area contributed by atoms with Crippen molar-refractivity contribution < 1.29 is 27.9 Å². The average Bonchev–Trinajstić information content (AvgIpc) is 2.55. The number of hydrogen-bond acceptors (Lipinski definition) is 3. The molecule has 8 heteroatoms. The van der Waals surface area contributed by atoms with Crippen LogP contribution in [-0.4, -0.2) is 42.3 Å². The van der Waals surface area contributed by atoms with E-state index in [4.69, 9.17) is 16.3 Å². The predicted molar refractivity (Wildman–Crippen MR) is 81.4 cm³/mol. The second-order valence-electron chi connectivity index (χ2n) is 5.03. The highest BCUT2D eigenvalue weighted by Crippen LogP contribution is 2.13. The molecule has 0 spiro atoms. The van der Waals surface area contributed by atoms with Gasteiger partial charge in [-0.2, -0.15) is 13.2 Å². The number of amides is 1. The normalized spacial score (nSPS) is 14.8. The molecule has 1 fully saturated rings. The van der Waals surface area contributed by atoms with Crippen LogP contribution in [0.2, 0.25) is 0 Å². The quantitative estimate of drug-likeness (QED) is 0.716. The molecular formula is C16H17F3N2O3. The van der Waals surface area contributed by atoms with Crippen molar-refractivity contribution in [3.05, 3.63) is 35.4 Å². The number of piperidine rings is 1. The first kappa shape index (κ1) is 19.5. The summed E-state index contributed by atoms with van der Waals surface area (Å²) in [5.74, 6) is -0.254. The van der Waals surface area contributed by atoms with Gasteiger partial charge in [0.15, 0.2) is 0 Å². The van der Waals surface area contributed by atoms with Crippen LogP contribution < -0.4 is 10.6 Å². The van der Waals surface area contributed by atoms with Crippen LogP contribution in [0.15, 0.2) is 24.3 Å². The zero-order valence-electron chi connectivity index (χ0n) is 12.7. The molecule has 130 valence electrons. The Balaban J connectivity index is 0.000000351. The fraction of sp³-hybridized carbons (Fsp3) is 0.375. The van der Waals surface area contributed by atoms with Gasteiger partial charge >= 0.3 is 12.1 Å². The van der Waals surface area contributed by atoms with Crippen LogP contribution in [0.25, 0.3) is 0 Å². The number of carbonyl (C=O) groups excluding carboxylic acids is 1. The van der Waals surface area contributed by atoms with E-state index in [1.807, 2.05) is 12.1 Å². The van der Waals surface area contributed by atoms with Crippen LogP contribution in [0.1, 0.15) is 28.8 Å². The number of benzene rings is 1. The van der Waals surface area contributed by atoms with Crippen molar-refractivity contribution in [2.45, 2.75) is 25.1 Å². The fourth-order valence-corrected chi connectivity index (χ4v) is 1.99. The number of alkyl halides is 3. The largest absolute Gasteiger partial charge is 0.490 e. The maximum Gasteiger partial charge on any atom is 0.490 e. The molecular weight excluding hydrogens is 325 g/mol. The molecule has 24 heavy (non-hydrogen) atoms. The Kier molecular flexibility index (Phi) is 7.27. The van der Waals surface area contributed by atoms with Gasteiger partial charge in [-0.3, -0.25) is 4.79 Å². The minimum absolute atomic E-state index is 0.0333. The van der Waals surface area contributed by atoms with Crippen LogP contribution in [0.5, 0.6) is 0 Å². The third-order valence-electron chi connectivity index (χ3n) is 3.21. The lowest BCUT2D eigenvalue weighted by atomic mass is 10.1. The van der Waals surface area contributed by atoms with Crippen LogP contribution in [0.3, 0.4) is 0 Å². The van der Waals surface area contributed by atoms with E-state index in [-0.39, 0.29) is 11.9 Å². The van der Waals surface area contributed by atoms with Gasteiger partial charge in [0.25, 0.3) is 5.91 Å². The summed E-state index contributed by atoms with van der Waals surface area (Å²) < 4.78 is 31.7. The Morgan fingerprint density at radius 1 is 1.29 bits per heavy atom. The number of nitrogens with one attached hydrogen (secondary N) is 2. The van der Waals surface area contributed by atoms with E-state index in [9.17, 15) is 18.0 Å². The maximum absolute atomic E-state index is 12.0. The molecule has 0 unspecified atom stereocenters. The predicted octanol–water partition coefficient (Wildman–Crippen LogP) is 1.78. The molecule has 1 amide bonds. The molecule has 0 aliphatic carbocycles. The molecule has 0 radical (unpaired) electrons. The SMILES string of the molecule is C#Cc1cccc(C(=O)NC2CCNCC2)c1.O=C(O)C(F)(F)F. The summed E-state index contributed by atoms with van der Waals surface area (Å²) in [6, 6.07) is 7.44. The molecule has 1 aromatic carbocycles. The number of rotatable bonds is 2. The summed E-state index contributed by atoms with van der Waals surface area (Å²) in [5.41, 5.74) is 1.38. The summed E-state index contributed by atoms with van der Waals surface area (Å²) in [4.78, 5) is 20.9. The van der Waals surface area contributed by atoms with Gasteiger partial charge in [0.05, 0.1) is 0 Å². The molecule has 1 heterocycles. The standard InChI is InChI=1S/C14H16N2O.C2HF3O2/c1-2-11-4-3-5-12(10-11)14(17)16-13-6-8-15-9-7-13;3-2(4,5)1(6)7/h1,3-5,10,13,15H,6-9H2,(H,16,17);(H,6,7). The van der Waals surface area contributed by atoms with E-state index >= 15 is 0 Å². The van der Waals surface area contributed by atoms with E-state index in [2.05, 4.69) is 16.6 Å². The van der Waals surface area contributed by atoms with Gasteiger partial charge in [-0.25, -0.2) is 4.79 Å². The smallest absolute Gasteiger partial charge is 0.475 e. The van der Waals surface area contributed by atoms with Gasteiger partial charge in [-0.15, -0.1) is 6.42 Å². The van der Waals surface area contributed by atoms with Crippen molar-refractivity contribution in [1.82, 2.24) is 10.6 Å². The first-order valence-electron chi connectivity index (χ1n) is 7.12. The zero-order valence-corrected chi connectivity index (χ0v) is 12.7. The Bertz CT molecular complexity index is 618. The van der Waals surface area contributed by atoms with Crippen LogP contribution in [0.4, 0.5) is 13.2 Å². The van der Waals surface area contributed by atoms with E-state index < -0.39 is 12.1 Å². The number of halogens is 3. The van der Waals surface area contributed by atoms with Crippen molar-refractivity contribution >= 4 is 11.9 Å². The highest BCUT2D eigenvalue weighted by Gasteiger charge is 2.38. The van der Waals surface area contributed by atoms with Gasteiger partial charge in [-0.1, -0.05) is 12.0 Å². The third kappa shape index (κ3) is 6.71. The zero-order chi connectivity index (χ0) is 18.2. The highest BCUT2D eigenvalue weighted by atomic mass is 19.4. The minimum Gasteiger partial charge on any atom is -0.475 e. The maximum atomic E-state index is 12.0. The monoisotopic (exact) mass is 342 g/mol. The van der Waals surface area contributed by atoms with E-state index in [1.54, 1.807) is 12.1 Å². The Labute approximate surface area is 137 Å². The topological polar surface area (TPSA) is 78.4 Å². The Morgan fingerprint density at radius 3 is 2.38 bits per heavy atom. The lowest BCUT2D eigenvalue weighted by Gasteiger charge is -2.23. The van der Waals surface area contributed by atoms with Crippen molar-refractivity contribution in [2.75, 3.05) is 13.1 Å². The molecule has 2 rings (SSSR count). The van der Waals surface area contributed by atoms with E-state index in [0.717, 1.165) is 31.5 Å². The van der Waals surface area contributed by atoms with Crippen LogP contribution in [-0.2, 0) is 4.79 Å². The summed E-state index contributed by atoms with van der Waals surface area (Å²) in [5, 5.41) is 13.4. The van der Waals surface area contributed by atoms with Gasteiger partial charge in [0.2, 0.25) is 0 Å². The number of carboxylic acid groups (broad SMARTS) is 1. The number of hydrogen-bond donors (Lipinski definition) is 3. The summed E-state index contributed by atoms with van der Waals surface area (Å²) >= 11 is 0. The second-order valence-corrected chi connectivity index (χ2v) is 5.03. The summed E-state index contributed by atoms with van der Waals surface area (Å²) in [6.07, 6.45) is 2.20. The second kappa shape index (κ2) is 8.93. The van der Waals surface area contributed by atoms with Crippen molar-refractivity contribution in [3.8, 4) is 12.3 Å². The molecule has 1 saturated heterocycles. The van der Waals surface area contributed by atoms with E-state index in [0.29, 0.717) is 5.56 Å². The summed E-state index contributed by atoms with van der Waals surface area (Å²) in [7, 11) is 0. The number of terminal acetylenes is 1. The van der Waals surface area contributed by atoms with Gasteiger partial charge in [-0.05, 0) is 44.1 Å². The van der Waals surface area contributed by atoms with Crippen LogP contribution >= 0.6 is 0 Å². The first-order valence-corrected chi connectivity index (χ1v) is 7.12. The van der Waals surface area contributed by atoms with Gasteiger partial charge < -0.3 is 15.7 Å². The van der Waals surface area contributed by atoms with Gasteiger partial charge in [0, 0.05) is 17.2 Å². The molecule has 5 nitrogen and oxygen atoms in total. The van der Waals surface area contributed by atoms with Gasteiger partial charge in [0.1, 0.15) is 0 Å². The fourth-order valence-electron chi connectivity index (χ4n) is 1.99. The molecule has 1 aliphatic heterocycles. The van der Waals surface area contributed by atoms with Crippen molar-refractivity contribution in [3.63, 3.8) is 0 Å². The number of carboxylic acids is 1. The lowest BCUT2D eigenvalue weighted by molar-refractivity contribution is -0.192.